The van der Waals surface area contributed by atoms with Crippen molar-refractivity contribution in [2.24, 2.45) is 0 Å². The molecule has 0 radical (unpaired) electrons. The molecule has 94 valence electrons. The fraction of sp³-hybridized carbons (Fsp3) is 0.556. The third kappa shape index (κ3) is 4.60. The molecule has 0 aliphatic heterocycles. The van der Waals surface area contributed by atoms with E-state index in [-0.39, 0.29) is 18.1 Å². The molecule has 0 aliphatic rings. The fourth-order valence-corrected chi connectivity index (χ4v) is 1.23. The van der Waals surface area contributed by atoms with Crippen LogP contribution >= 0.6 is 0 Å². The van der Waals surface area contributed by atoms with Gasteiger partial charge < -0.3 is 10.6 Å². The third-order valence-electron chi connectivity index (χ3n) is 2.06. The summed E-state index contributed by atoms with van der Waals surface area (Å²) in [5, 5.41) is 19.8. The normalized spacial score (nSPS) is 10.2. The van der Waals surface area contributed by atoms with E-state index in [2.05, 4.69) is 15.7 Å². The third-order valence-corrected chi connectivity index (χ3v) is 2.06. The van der Waals surface area contributed by atoms with Gasteiger partial charge in [0.15, 0.2) is 0 Å². The van der Waals surface area contributed by atoms with Gasteiger partial charge in [0.1, 0.15) is 18.9 Å². The summed E-state index contributed by atoms with van der Waals surface area (Å²) >= 11 is 0. The van der Waals surface area contributed by atoms with Crippen molar-refractivity contribution in [1.29, 1.82) is 0 Å². The van der Waals surface area contributed by atoms with Gasteiger partial charge in [0.05, 0.1) is 4.92 Å². The highest BCUT2D eigenvalue weighted by Gasteiger charge is 2.10. The van der Waals surface area contributed by atoms with Crippen molar-refractivity contribution in [3.8, 4) is 0 Å². The van der Waals surface area contributed by atoms with Gasteiger partial charge in [-0.2, -0.15) is 5.10 Å². The monoisotopic (exact) mass is 241 g/mol. The van der Waals surface area contributed by atoms with Crippen LogP contribution in [0.25, 0.3) is 0 Å². The molecule has 0 spiro atoms. The molecule has 0 bridgehead atoms. The van der Waals surface area contributed by atoms with Crippen LogP contribution in [0.15, 0.2) is 12.4 Å². The summed E-state index contributed by atoms with van der Waals surface area (Å²) < 4.78 is 1.24. The minimum absolute atomic E-state index is 0.00655. The van der Waals surface area contributed by atoms with Crippen LogP contribution in [0.5, 0.6) is 0 Å². The molecule has 0 atom stereocenters. The van der Waals surface area contributed by atoms with E-state index in [0.717, 1.165) is 19.2 Å². The Morgan fingerprint density at radius 1 is 1.59 bits per heavy atom. The predicted molar refractivity (Wildman–Crippen MR) is 60.4 cm³/mol. The van der Waals surface area contributed by atoms with Crippen molar-refractivity contribution in [2.75, 3.05) is 20.1 Å². The van der Waals surface area contributed by atoms with Crippen molar-refractivity contribution < 1.29 is 9.72 Å². The van der Waals surface area contributed by atoms with E-state index in [4.69, 9.17) is 0 Å². The molecule has 0 fully saturated rings. The van der Waals surface area contributed by atoms with Crippen molar-refractivity contribution in [3.63, 3.8) is 0 Å². The fourth-order valence-electron chi connectivity index (χ4n) is 1.23. The molecule has 0 aromatic carbocycles. The summed E-state index contributed by atoms with van der Waals surface area (Å²) in [5.74, 6) is -0.209. The van der Waals surface area contributed by atoms with Crippen LogP contribution in [0.4, 0.5) is 5.69 Å². The van der Waals surface area contributed by atoms with E-state index in [1.54, 1.807) is 0 Å². The first-order chi connectivity index (χ1) is 8.13. The van der Waals surface area contributed by atoms with Gasteiger partial charge in [-0.25, -0.2) is 0 Å². The molecule has 2 N–H and O–H groups in total. The van der Waals surface area contributed by atoms with Crippen molar-refractivity contribution >= 4 is 11.6 Å². The summed E-state index contributed by atoms with van der Waals surface area (Å²) in [4.78, 5) is 21.2. The van der Waals surface area contributed by atoms with Gasteiger partial charge in [-0.05, 0) is 20.0 Å². The molecule has 0 unspecified atom stereocenters. The highest BCUT2D eigenvalue weighted by molar-refractivity contribution is 5.75. The van der Waals surface area contributed by atoms with Crippen LogP contribution in [0.1, 0.15) is 6.42 Å². The first kappa shape index (κ1) is 13.1. The lowest BCUT2D eigenvalue weighted by Gasteiger charge is -2.04. The zero-order chi connectivity index (χ0) is 12.7. The van der Waals surface area contributed by atoms with Gasteiger partial charge in [0.2, 0.25) is 5.91 Å². The summed E-state index contributed by atoms with van der Waals surface area (Å²) in [6, 6.07) is 0. The van der Waals surface area contributed by atoms with Crippen molar-refractivity contribution in [3.05, 3.63) is 22.5 Å². The van der Waals surface area contributed by atoms with E-state index in [9.17, 15) is 14.9 Å². The topological polar surface area (TPSA) is 102 Å². The number of carbonyl (C=O) groups excluding carboxylic acids is 1. The number of amides is 1. The summed E-state index contributed by atoms with van der Waals surface area (Å²) in [5.41, 5.74) is -0.118. The molecule has 0 aliphatic carbocycles. The molecular weight excluding hydrogens is 226 g/mol. The lowest BCUT2D eigenvalue weighted by atomic mass is 10.4. The lowest BCUT2D eigenvalue weighted by molar-refractivity contribution is -0.385. The molecule has 17 heavy (non-hydrogen) atoms. The lowest BCUT2D eigenvalue weighted by Crippen LogP contribution is -2.29. The van der Waals surface area contributed by atoms with E-state index in [0.29, 0.717) is 6.54 Å². The number of hydrogen-bond donors (Lipinski definition) is 2. The molecule has 1 aromatic heterocycles. The molecule has 0 saturated heterocycles. The highest BCUT2D eigenvalue weighted by Crippen LogP contribution is 2.07. The number of aromatic nitrogens is 2. The smallest absolute Gasteiger partial charge is 0.307 e. The Labute approximate surface area is 98.1 Å². The Kier molecular flexibility index (Phi) is 5.08. The molecule has 8 nitrogen and oxygen atoms in total. The van der Waals surface area contributed by atoms with Crippen molar-refractivity contribution in [2.45, 2.75) is 13.0 Å². The first-order valence-electron chi connectivity index (χ1n) is 5.21. The molecule has 1 heterocycles. The van der Waals surface area contributed by atoms with E-state index in [1.165, 1.54) is 10.9 Å². The highest BCUT2D eigenvalue weighted by atomic mass is 16.6. The quantitative estimate of drug-likeness (QED) is 0.381. The van der Waals surface area contributed by atoms with Gasteiger partial charge in [0, 0.05) is 6.54 Å². The van der Waals surface area contributed by atoms with Crippen LogP contribution in [0, 0.1) is 10.1 Å². The van der Waals surface area contributed by atoms with Crippen LogP contribution < -0.4 is 10.6 Å². The minimum Gasteiger partial charge on any atom is -0.354 e. The van der Waals surface area contributed by atoms with Gasteiger partial charge in [-0.1, -0.05) is 0 Å². The van der Waals surface area contributed by atoms with Crippen LogP contribution in [-0.4, -0.2) is 40.7 Å². The Morgan fingerprint density at radius 3 is 2.94 bits per heavy atom. The zero-order valence-corrected chi connectivity index (χ0v) is 9.55. The van der Waals surface area contributed by atoms with Gasteiger partial charge >= 0.3 is 5.69 Å². The maximum absolute atomic E-state index is 11.4. The standard InChI is InChI=1S/C9H15N5O3/c1-10-3-2-4-11-9(15)7-13-6-8(5-12-13)14(16)17/h5-6,10H,2-4,7H2,1H3,(H,11,15). The SMILES string of the molecule is CNCCCNC(=O)Cn1cc([N+](=O)[O-])cn1. The predicted octanol–water partition coefficient (Wildman–Crippen LogP) is -0.483. The zero-order valence-electron chi connectivity index (χ0n) is 9.55. The molecular formula is C9H15N5O3. The van der Waals surface area contributed by atoms with E-state index < -0.39 is 4.92 Å². The summed E-state index contributed by atoms with van der Waals surface area (Å²) in [6.07, 6.45) is 3.18. The number of nitro groups is 1. The first-order valence-corrected chi connectivity index (χ1v) is 5.21. The number of nitrogens with one attached hydrogen (secondary N) is 2. The van der Waals surface area contributed by atoms with Gasteiger partial charge in [-0.3, -0.25) is 19.6 Å². The second kappa shape index (κ2) is 6.59. The molecule has 1 rings (SSSR count). The number of nitrogens with zero attached hydrogens (tertiary/aromatic N) is 3. The van der Waals surface area contributed by atoms with Crippen LogP contribution in [-0.2, 0) is 11.3 Å². The average molecular weight is 241 g/mol. The Hall–Kier alpha value is -1.96. The Balaban J connectivity index is 2.32. The maximum Gasteiger partial charge on any atom is 0.307 e. The largest absolute Gasteiger partial charge is 0.354 e. The number of hydrogen-bond acceptors (Lipinski definition) is 5. The van der Waals surface area contributed by atoms with Crippen LogP contribution in [0.2, 0.25) is 0 Å². The van der Waals surface area contributed by atoms with Crippen molar-refractivity contribution in [1.82, 2.24) is 20.4 Å². The second-order valence-electron chi connectivity index (χ2n) is 3.46. The van der Waals surface area contributed by atoms with Gasteiger partial charge in [-0.15, -0.1) is 0 Å². The number of carbonyl (C=O) groups is 1. The number of rotatable bonds is 7. The Morgan fingerprint density at radius 2 is 2.35 bits per heavy atom. The summed E-state index contributed by atoms with van der Waals surface area (Å²) in [7, 11) is 1.84. The summed E-state index contributed by atoms with van der Waals surface area (Å²) in [6.45, 7) is 1.39. The van der Waals surface area contributed by atoms with Gasteiger partial charge in [0.25, 0.3) is 0 Å². The Bertz CT molecular complexity index is 390. The molecule has 0 saturated carbocycles. The van der Waals surface area contributed by atoms with E-state index >= 15 is 0 Å². The molecule has 8 heteroatoms. The van der Waals surface area contributed by atoms with Crippen LogP contribution in [0.3, 0.4) is 0 Å². The second-order valence-corrected chi connectivity index (χ2v) is 3.46. The molecule has 1 aromatic rings. The molecule has 1 amide bonds. The minimum atomic E-state index is -0.547. The maximum atomic E-state index is 11.4. The average Bonchev–Trinajstić information content (AvgIpc) is 2.73. The van der Waals surface area contributed by atoms with E-state index in [1.807, 2.05) is 7.05 Å².